The Bertz CT molecular complexity index is 1280. The molecule has 1 aliphatic rings. The van der Waals surface area contributed by atoms with Gasteiger partial charge in [-0.15, -0.1) is 0 Å². The molecule has 2 aromatic heterocycles. The Kier molecular flexibility index (Phi) is 9.74. The number of rotatable bonds is 10. The maximum Gasteiger partial charge on any atom is 0.254 e. The van der Waals surface area contributed by atoms with Gasteiger partial charge >= 0.3 is 0 Å². The van der Waals surface area contributed by atoms with Gasteiger partial charge in [0, 0.05) is 43.6 Å². The van der Waals surface area contributed by atoms with E-state index >= 15 is 0 Å². The lowest BCUT2D eigenvalue weighted by atomic mass is 9.99. The van der Waals surface area contributed by atoms with Crippen molar-refractivity contribution in [2.24, 2.45) is 0 Å². The number of piperidine rings is 1. The predicted octanol–water partition coefficient (Wildman–Crippen LogP) is 5.00. The number of aromatic nitrogens is 2. The van der Waals surface area contributed by atoms with E-state index in [1.54, 1.807) is 25.4 Å². The maximum atomic E-state index is 12.6. The van der Waals surface area contributed by atoms with Gasteiger partial charge < -0.3 is 19.9 Å². The number of hydrogen-bond acceptors (Lipinski definition) is 7. The average molecular weight is 547 g/mol. The van der Waals surface area contributed by atoms with E-state index in [4.69, 9.17) is 16.3 Å². The van der Waals surface area contributed by atoms with E-state index < -0.39 is 0 Å². The fraction of sp³-hybridized carbons (Fsp3) is 0.400. The lowest BCUT2D eigenvalue weighted by Gasteiger charge is -2.41. The Labute approximate surface area is 235 Å². The molecular weight excluding hydrogens is 512 g/mol. The van der Waals surface area contributed by atoms with Crippen LogP contribution in [0.25, 0.3) is 0 Å². The SMILES string of the molecule is COc1ccc(N(Cc2cccc(C#N)n2)C2CCN(C(C)CCNC(=O)c3c(C)ccnc3Cl)CC2)cc1. The number of ether oxygens (including phenoxy) is 1. The number of halogens is 1. The molecule has 9 heteroatoms. The number of nitrogens with zero attached hydrogens (tertiary/aromatic N) is 5. The van der Waals surface area contributed by atoms with E-state index in [1.807, 2.05) is 31.2 Å². The number of aryl methyl sites for hydroxylation is 1. The highest BCUT2D eigenvalue weighted by molar-refractivity contribution is 6.32. The molecule has 0 spiro atoms. The Hall–Kier alpha value is -3.67. The molecule has 4 rings (SSSR count). The van der Waals surface area contributed by atoms with Crippen molar-refractivity contribution < 1.29 is 9.53 Å². The number of methoxy groups -OCH3 is 1. The van der Waals surface area contributed by atoms with Crippen molar-refractivity contribution in [3.8, 4) is 11.8 Å². The first-order valence-corrected chi connectivity index (χ1v) is 13.7. The van der Waals surface area contributed by atoms with E-state index in [0.717, 1.165) is 55.0 Å². The van der Waals surface area contributed by atoms with E-state index in [9.17, 15) is 10.1 Å². The van der Waals surface area contributed by atoms with Crippen LogP contribution in [0.2, 0.25) is 5.15 Å². The summed E-state index contributed by atoms with van der Waals surface area (Å²) >= 11 is 6.14. The molecule has 1 fully saturated rings. The minimum Gasteiger partial charge on any atom is -0.497 e. The molecule has 0 saturated carbocycles. The topological polar surface area (TPSA) is 94.4 Å². The van der Waals surface area contributed by atoms with Gasteiger partial charge in [-0.2, -0.15) is 5.26 Å². The fourth-order valence-corrected chi connectivity index (χ4v) is 5.40. The number of anilines is 1. The molecule has 1 amide bonds. The van der Waals surface area contributed by atoms with Crippen molar-refractivity contribution in [1.29, 1.82) is 5.26 Å². The zero-order chi connectivity index (χ0) is 27.8. The summed E-state index contributed by atoms with van der Waals surface area (Å²) in [5.41, 5.74) is 3.68. The molecule has 3 heterocycles. The normalized spacial score (nSPS) is 14.8. The van der Waals surface area contributed by atoms with Crippen LogP contribution in [0.3, 0.4) is 0 Å². The van der Waals surface area contributed by atoms with E-state index in [1.165, 1.54) is 0 Å². The molecular formula is C30H35ClN6O2. The van der Waals surface area contributed by atoms with E-state index in [0.29, 0.717) is 36.4 Å². The summed E-state index contributed by atoms with van der Waals surface area (Å²) < 4.78 is 5.36. The molecule has 204 valence electrons. The van der Waals surface area contributed by atoms with Crippen LogP contribution in [0.15, 0.2) is 54.7 Å². The van der Waals surface area contributed by atoms with Gasteiger partial charge in [-0.05, 0) is 81.1 Å². The Morgan fingerprint density at radius 2 is 1.97 bits per heavy atom. The highest BCUT2D eigenvalue weighted by atomic mass is 35.5. The van der Waals surface area contributed by atoms with Gasteiger partial charge in [-0.3, -0.25) is 4.79 Å². The quantitative estimate of drug-likeness (QED) is 0.358. The molecule has 1 unspecified atom stereocenters. The van der Waals surface area contributed by atoms with Crippen LogP contribution < -0.4 is 15.0 Å². The first-order valence-electron chi connectivity index (χ1n) is 13.3. The molecule has 0 bridgehead atoms. The number of carbonyl (C=O) groups is 1. The van der Waals surface area contributed by atoms with Crippen molar-refractivity contribution in [3.05, 3.63) is 82.4 Å². The Morgan fingerprint density at radius 3 is 2.64 bits per heavy atom. The highest BCUT2D eigenvalue weighted by Gasteiger charge is 2.28. The number of amides is 1. The van der Waals surface area contributed by atoms with E-state index in [2.05, 4.69) is 50.2 Å². The Morgan fingerprint density at radius 1 is 1.23 bits per heavy atom. The van der Waals surface area contributed by atoms with Crippen LogP contribution >= 0.6 is 11.6 Å². The Balaban J connectivity index is 1.35. The molecule has 1 saturated heterocycles. The molecule has 1 N–H and O–H groups in total. The van der Waals surface area contributed by atoms with Gasteiger partial charge in [-0.25, -0.2) is 9.97 Å². The summed E-state index contributed by atoms with van der Waals surface area (Å²) in [4.78, 5) is 26.1. The second kappa shape index (κ2) is 13.4. The van der Waals surface area contributed by atoms with Gasteiger partial charge in [0.15, 0.2) is 0 Å². The van der Waals surface area contributed by atoms with Crippen molar-refractivity contribution in [1.82, 2.24) is 20.2 Å². The summed E-state index contributed by atoms with van der Waals surface area (Å²) in [5, 5.41) is 12.5. The molecule has 0 aliphatic carbocycles. The largest absolute Gasteiger partial charge is 0.497 e. The molecule has 3 aromatic rings. The number of likely N-dealkylation sites (tertiary alicyclic amines) is 1. The lowest BCUT2D eigenvalue weighted by Crippen LogP contribution is -2.48. The predicted molar refractivity (Wildman–Crippen MR) is 153 cm³/mol. The summed E-state index contributed by atoms with van der Waals surface area (Å²) in [6.45, 7) is 7.21. The standard InChI is InChI=1S/C30H35ClN6O2/c1-21-11-15-33-29(31)28(21)30(38)34-16-12-22(2)36-17-13-26(14-18-36)37(25-7-9-27(39-3)10-8-25)20-24-6-4-5-23(19-32)35-24/h4-11,15,22,26H,12-14,16-18,20H2,1-3H3,(H,34,38). The van der Waals surface area contributed by atoms with Crippen LogP contribution in [0.1, 0.15) is 53.5 Å². The van der Waals surface area contributed by atoms with Crippen LogP contribution in [0, 0.1) is 18.3 Å². The van der Waals surface area contributed by atoms with Crippen molar-refractivity contribution >= 4 is 23.2 Å². The van der Waals surface area contributed by atoms with Gasteiger partial charge in [0.1, 0.15) is 22.7 Å². The van der Waals surface area contributed by atoms with Gasteiger partial charge in [0.2, 0.25) is 0 Å². The van der Waals surface area contributed by atoms with E-state index in [-0.39, 0.29) is 11.1 Å². The van der Waals surface area contributed by atoms with Gasteiger partial charge in [-0.1, -0.05) is 17.7 Å². The van der Waals surface area contributed by atoms with Crippen molar-refractivity contribution in [3.63, 3.8) is 0 Å². The summed E-state index contributed by atoms with van der Waals surface area (Å²) in [6, 6.07) is 18.3. The van der Waals surface area contributed by atoms with Crippen molar-refractivity contribution in [2.75, 3.05) is 31.6 Å². The highest BCUT2D eigenvalue weighted by Crippen LogP contribution is 2.28. The summed E-state index contributed by atoms with van der Waals surface area (Å²) in [7, 11) is 1.67. The van der Waals surface area contributed by atoms with Crippen LogP contribution in [0.4, 0.5) is 5.69 Å². The fourth-order valence-electron chi connectivity index (χ4n) is 5.11. The van der Waals surface area contributed by atoms with Crippen molar-refractivity contribution in [2.45, 2.75) is 51.7 Å². The molecule has 1 aromatic carbocycles. The smallest absolute Gasteiger partial charge is 0.254 e. The molecule has 1 atom stereocenters. The number of nitrogens with one attached hydrogen (secondary N) is 1. The first kappa shape index (κ1) is 28.3. The maximum absolute atomic E-state index is 12.6. The molecule has 0 radical (unpaired) electrons. The van der Waals surface area contributed by atoms with Crippen LogP contribution in [-0.4, -0.2) is 59.6 Å². The average Bonchev–Trinajstić information content (AvgIpc) is 2.96. The minimum atomic E-state index is -0.180. The lowest BCUT2D eigenvalue weighted by molar-refractivity contribution is 0.0944. The number of benzene rings is 1. The van der Waals surface area contributed by atoms with Crippen LogP contribution in [0.5, 0.6) is 5.75 Å². The number of nitriles is 1. The monoisotopic (exact) mass is 546 g/mol. The zero-order valence-electron chi connectivity index (χ0n) is 22.7. The summed E-state index contributed by atoms with van der Waals surface area (Å²) in [6.07, 6.45) is 4.46. The first-order chi connectivity index (χ1) is 18.9. The molecule has 1 aliphatic heterocycles. The van der Waals surface area contributed by atoms with Gasteiger partial charge in [0.05, 0.1) is 24.9 Å². The number of carbonyl (C=O) groups excluding carboxylic acids is 1. The third-order valence-corrected chi connectivity index (χ3v) is 7.70. The zero-order valence-corrected chi connectivity index (χ0v) is 23.5. The molecule has 39 heavy (non-hydrogen) atoms. The number of pyridine rings is 2. The third-order valence-electron chi connectivity index (χ3n) is 7.41. The second-order valence-corrected chi connectivity index (χ2v) is 10.3. The summed E-state index contributed by atoms with van der Waals surface area (Å²) in [5.74, 6) is 0.640. The number of hydrogen-bond donors (Lipinski definition) is 1. The minimum absolute atomic E-state index is 0.180. The van der Waals surface area contributed by atoms with Gasteiger partial charge in [0.25, 0.3) is 5.91 Å². The second-order valence-electron chi connectivity index (χ2n) is 9.91. The third kappa shape index (κ3) is 7.25. The molecule has 8 nitrogen and oxygen atoms in total. The van der Waals surface area contributed by atoms with Crippen LogP contribution in [-0.2, 0) is 6.54 Å².